The number of nitrogens with one attached hydrogen (secondary N) is 2. The summed E-state index contributed by atoms with van der Waals surface area (Å²) in [4.78, 5) is 27.6. The van der Waals surface area contributed by atoms with Crippen LogP contribution < -0.4 is 15.4 Å². The molecule has 2 aromatic heterocycles. The van der Waals surface area contributed by atoms with Gasteiger partial charge < -0.3 is 10.1 Å². The van der Waals surface area contributed by atoms with Gasteiger partial charge in [-0.1, -0.05) is 17.8 Å². The summed E-state index contributed by atoms with van der Waals surface area (Å²) < 4.78 is 7.50. The molecule has 1 aliphatic heterocycles. The average Bonchev–Trinajstić information content (AvgIpc) is 3.15. The van der Waals surface area contributed by atoms with Crippen LogP contribution >= 0.6 is 11.8 Å². The molecule has 3 heterocycles. The number of thioether (sulfide) groups is 1. The monoisotopic (exact) mass is 438 g/mol. The minimum absolute atomic E-state index is 0.194. The van der Waals surface area contributed by atoms with Crippen molar-refractivity contribution in [2.24, 2.45) is 0 Å². The summed E-state index contributed by atoms with van der Waals surface area (Å²) in [6, 6.07) is 10.8. The van der Waals surface area contributed by atoms with Gasteiger partial charge >= 0.3 is 6.03 Å². The lowest BCUT2D eigenvalue weighted by Crippen LogP contribution is -2.53. The summed E-state index contributed by atoms with van der Waals surface area (Å²) in [7, 11) is 0. The van der Waals surface area contributed by atoms with E-state index in [-0.39, 0.29) is 18.4 Å². The average molecular weight is 439 g/mol. The number of aromatic nitrogens is 4. The summed E-state index contributed by atoms with van der Waals surface area (Å²) in [5, 5.41) is 14.5. The van der Waals surface area contributed by atoms with Gasteiger partial charge in [-0.15, -0.1) is 10.2 Å². The molecular formula is C21H22N6O3S. The summed E-state index contributed by atoms with van der Waals surface area (Å²) in [6.07, 6.45) is 4.14. The maximum absolute atomic E-state index is 11.8. The highest BCUT2D eigenvalue weighted by atomic mass is 32.2. The largest absolute Gasteiger partial charge is 0.494 e. The van der Waals surface area contributed by atoms with Crippen LogP contribution in [0.25, 0.3) is 5.69 Å². The lowest BCUT2D eigenvalue weighted by atomic mass is 10.1. The number of benzene rings is 1. The van der Waals surface area contributed by atoms with E-state index in [4.69, 9.17) is 4.74 Å². The normalized spacial score (nSPS) is 16.0. The van der Waals surface area contributed by atoms with Crippen LogP contribution in [-0.2, 0) is 17.0 Å². The van der Waals surface area contributed by atoms with Crippen molar-refractivity contribution in [3.63, 3.8) is 0 Å². The lowest BCUT2D eigenvalue weighted by molar-refractivity contribution is -0.121. The molecule has 31 heavy (non-hydrogen) atoms. The molecule has 1 saturated heterocycles. The van der Waals surface area contributed by atoms with Gasteiger partial charge in [0.05, 0.1) is 6.61 Å². The van der Waals surface area contributed by atoms with Crippen molar-refractivity contribution in [2.75, 3.05) is 6.61 Å². The van der Waals surface area contributed by atoms with Gasteiger partial charge in [0.25, 0.3) is 0 Å². The minimum atomic E-state index is -0.487. The molecule has 1 aliphatic rings. The first kappa shape index (κ1) is 20.9. The first-order valence-corrected chi connectivity index (χ1v) is 10.9. The van der Waals surface area contributed by atoms with Crippen molar-refractivity contribution in [3.05, 3.63) is 60.2 Å². The first-order valence-electron chi connectivity index (χ1n) is 9.92. The molecule has 0 radical (unpaired) electrons. The summed E-state index contributed by atoms with van der Waals surface area (Å²) in [5.41, 5.74) is 1.95. The Hall–Kier alpha value is -3.40. The van der Waals surface area contributed by atoms with Crippen molar-refractivity contribution in [3.8, 4) is 11.4 Å². The molecule has 0 saturated carbocycles. The predicted molar refractivity (Wildman–Crippen MR) is 115 cm³/mol. The van der Waals surface area contributed by atoms with E-state index in [1.54, 1.807) is 18.0 Å². The second kappa shape index (κ2) is 9.61. The zero-order chi connectivity index (χ0) is 21.6. The molecule has 0 spiro atoms. The zero-order valence-electron chi connectivity index (χ0n) is 16.9. The fourth-order valence-corrected chi connectivity index (χ4v) is 4.20. The summed E-state index contributed by atoms with van der Waals surface area (Å²) >= 11 is 1.54. The Labute approximate surface area is 183 Å². The number of carbonyl (C=O) groups excluding carboxylic acids is 2. The number of hydrogen-bond donors (Lipinski definition) is 2. The molecule has 1 fully saturated rings. The van der Waals surface area contributed by atoms with Crippen molar-refractivity contribution in [2.45, 2.75) is 36.7 Å². The van der Waals surface area contributed by atoms with E-state index in [1.807, 2.05) is 54.1 Å². The third-order valence-electron chi connectivity index (χ3n) is 4.65. The third kappa shape index (κ3) is 5.21. The second-order valence-corrected chi connectivity index (χ2v) is 7.88. The van der Waals surface area contributed by atoms with Crippen LogP contribution in [0.3, 0.4) is 0 Å². The highest BCUT2D eigenvalue weighted by molar-refractivity contribution is 7.98. The number of carbonyl (C=O) groups is 2. The standard InChI is InChI=1S/C21H22N6O3S/c1-2-30-17-7-5-16(6-8-17)27-18(10-15-11-19(28)24-20(29)23-15)25-26-21(27)31-13-14-4-3-9-22-12-14/h3-9,12,15H,2,10-11,13H2,1H3,(H2,23,24,28,29). The SMILES string of the molecule is CCOc1ccc(-n2c(CC3CC(=O)NC(=O)N3)nnc2SCc2cccnc2)cc1. The second-order valence-electron chi connectivity index (χ2n) is 6.94. The van der Waals surface area contributed by atoms with E-state index in [0.717, 1.165) is 22.2 Å². The Bertz CT molecular complexity index is 1040. The van der Waals surface area contributed by atoms with Gasteiger partial charge in [0.15, 0.2) is 5.16 Å². The van der Waals surface area contributed by atoms with Gasteiger partial charge in [-0.05, 0) is 42.8 Å². The number of rotatable bonds is 8. The number of hydrogen-bond acceptors (Lipinski definition) is 7. The smallest absolute Gasteiger partial charge is 0.321 e. The number of amides is 3. The number of urea groups is 1. The van der Waals surface area contributed by atoms with Crippen molar-refractivity contribution in [1.29, 1.82) is 0 Å². The molecular weight excluding hydrogens is 416 g/mol. The summed E-state index contributed by atoms with van der Waals surface area (Å²) in [6.45, 7) is 2.53. The minimum Gasteiger partial charge on any atom is -0.494 e. The molecule has 1 aromatic carbocycles. The van der Waals surface area contributed by atoms with Gasteiger partial charge in [0, 0.05) is 42.7 Å². The number of nitrogens with zero attached hydrogens (tertiary/aromatic N) is 4. The van der Waals surface area contributed by atoms with Crippen LogP contribution in [0.5, 0.6) is 5.75 Å². The van der Waals surface area contributed by atoms with Crippen LogP contribution in [0.4, 0.5) is 4.79 Å². The number of ether oxygens (including phenoxy) is 1. The molecule has 3 aromatic rings. The zero-order valence-corrected chi connectivity index (χ0v) is 17.8. The third-order valence-corrected chi connectivity index (χ3v) is 5.65. The Morgan fingerprint density at radius 3 is 2.74 bits per heavy atom. The van der Waals surface area contributed by atoms with Crippen LogP contribution in [0.1, 0.15) is 24.7 Å². The van der Waals surface area contributed by atoms with E-state index in [1.165, 1.54) is 0 Å². The highest BCUT2D eigenvalue weighted by Gasteiger charge is 2.26. The number of pyridine rings is 1. The van der Waals surface area contributed by atoms with Crippen LogP contribution in [0, 0.1) is 0 Å². The fourth-order valence-electron chi connectivity index (χ4n) is 3.29. The van der Waals surface area contributed by atoms with Crippen molar-refractivity contribution >= 4 is 23.7 Å². The molecule has 0 bridgehead atoms. The van der Waals surface area contributed by atoms with Crippen LogP contribution in [0.2, 0.25) is 0 Å². The summed E-state index contributed by atoms with van der Waals surface area (Å²) in [5.74, 6) is 1.83. The van der Waals surface area contributed by atoms with Gasteiger partial charge in [-0.25, -0.2) is 4.79 Å². The van der Waals surface area contributed by atoms with Crippen molar-refractivity contribution in [1.82, 2.24) is 30.4 Å². The van der Waals surface area contributed by atoms with E-state index in [2.05, 4.69) is 25.8 Å². The van der Waals surface area contributed by atoms with E-state index >= 15 is 0 Å². The maximum atomic E-state index is 11.8. The highest BCUT2D eigenvalue weighted by Crippen LogP contribution is 2.27. The molecule has 0 aliphatic carbocycles. The molecule has 3 amide bonds. The Morgan fingerprint density at radius 1 is 1.19 bits per heavy atom. The Morgan fingerprint density at radius 2 is 2.03 bits per heavy atom. The lowest BCUT2D eigenvalue weighted by Gasteiger charge is -2.23. The quantitative estimate of drug-likeness (QED) is 0.520. The van der Waals surface area contributed by atoms with E-state index < -0.39 is 6.03 Å². The van der Waals surface area contributed by atoms with Crippen molar-refractivity contribution < 1.29 is 14.3 Å². The van der Waals surface area contributed by atoms with E-state index in [9.17, 15) is 9.59 Å². The van der Waals surface area contributed by atoms with Gasteiger partial charge in [-0.2, -0.15) is 0 Å². The molecule has 160 valence electrons. The molecule has 4 rings (SSSR count). The molecule has 9 nitrogen and oxygen atoms in total. The van der Waals surface area contributed by atoms with Gasteiger partial charge in [0.1, 0.15) is 11.6 Å². The molecule has 1 unspecified atom stereocenters. The Balaban J connectivity index is 1.61. The predicted octanol–water partition coefficient (Wildman–Crippen LogP) is 2.49. The maximum Gasteiger partial charge on any atom is 0.321 e. The number of imide groups is 1. The fraction of sp³-hybridized carbons (Fsp3) is 0.286. The van der Waals surface area contributed by atoms with Gasteiger partial charge in [0.2, 0.25) is 5.91 Å². The first-order chi connectivity index (χ1) is 15.1. The van der Waals surface area contributed by atoms with E-state index in [0.29, 0.717) is 24.6 Å². The molecule has 2 N–H and O–H groups in total. The van der Waals surface area contributed by atoms with Crippen LogP contribution in [-0.4, -0.2) is 44.3 Å². The Kier molecular flexibility index (Phi) is 6.46. The van der Waals surface area contributed by atoms with Crippen LogP contribution in [0.15, 0.2) is 53.9 Å². The van der Waals surface area contributed by atoms with Gasteiger partial charge in [-0.3, -0.25) is 19.7 Å². The molecule has 10 heteroatoms. The topological polar surface area (TPSA) is 111 Å². The molecule has 1 atom stereocenters.